The third-order valence-corrected chi connectivity index (χ3v) is 3.26. The molecule has 1 fully saturated rings. The minimum Gasteiger partial charge on any atom is -0.463 e. The monoisotopic (exact) mass is 324 g/mol. The maximum absolute atomic E-state index is 11.3. The molecule has 0 bridgehead atoms. The predicted molar refractivity (Wildman–Crippen MR) is 71.6 cm³/mol. The molecule has 6 atom stereocenters. The second-order valence-corrected chi connectivity index (χ2v) is 5.07. The molecule has 1 saturated heterocycles. The van der Waals surface area contributed by atoms with Crippen molar-refractivity contribution in [2.24, 2.45) is 0 Å². The molecule has 0 radical (unpaired) electrons. The SMILES string of the molecule is CCCC(=O)OC[C@@H](CO)O[C@@H]1O[C@H](CO)[C@@H](O)[C@H](O)[C@H]1O. The number of hydrogen-bond acceptors (Lipinski definition) is 9. The maximum Gasteiger partial charge on any atom is 0.305 e. The molecule has 0 amide bonds. The summed E-state index contributed by atoms with van der Waals surface area (Å²) in [5, 5.41) is 47.3. The van der Waals surface area contributed by atoms with E-state index in [2.05, 4.69) is 0 Å². The van der Waals surface area contributed by atoms with Crippen LogP contribution in [0.2, 0.25) is 0 Å². The van der Waals surface area contributed by atoms with Crippen molar-refractivity contribution < 1.29 is 44.5 Å². The van der Waals surface area contributed by atoms with Gasteiger partial charge in [-0.2, -0.15) is 0 Å². The van der Waals surface area contributed by atoms with Gasteiger partial charge in [0, 0.05) is 6.42 Å². The van der Waals surface area contributed by atoms with Crippen molar-refractivity contribution in [3.8, 4) is 0 Å². The van der Waals surface area contributed by atoms with E-state index in [1.807, 2.05) is 6.92 Å². The fraction of sp³-hybridized carbons (Fsp3) is 0.923. The van der Waals surface area contributed by atoms with Gasteiger partial charge in [-0.3, -0.25) is 4.79 Å². The van der Waals surface area contributed by atoms with Crippen molar-refractivity contribution in [3.05, 3.63) is 0 Å². The summed E-state index contributed by atoms with van der Waals surface area (Å²) in [5.41, 5.74) is 0. The molecule has 5 N–H and O–H groups in total. The van der Waals surface area contributed by atoms with Gasteiger partial charge in [0.1, 0.15) is 37.1 Å². The van der Waals surface area contributed by atoms with Crippen molar-refractivity contribution in [1.29, 1.82) is 0 Å². The Bertz CT molecular complexity index is 335. The summed E-state index contributed by atoms with van der Waals surface area (Å²) < 4.78 is 15.3. The first kappa shape index (κ1) is 19.2. The van der Waals surface area contributed by atoms with E-state index in [1.54, 1.807) is 0 Å². The average Bonchev–Trinajstić information content (AvgIpc) is 2.51. The normalized spacial score (nSPS) is 33.5. The van der Waals surface area contributed by atoms with Crippen LogP contribution in [0.25, 0.3) is 0 Å². The molecule has 0 aromatic carbocycles. The van der Waals surface area contributed by atoms with Gasteiger partial charge in [-0.25, -0.2) is 0 Å². The Morgan fingerprint density at radius 3 is 2.41 bits per heavy atom. The second kappa shape index (κ2) is 9.36. The Hall–Kier alpha value is -0.810. The number of aliphatic hydroxyl groups excluding tert-OH is 5. The summed E-state index contributed by atoms with van der Waals surface area (Å²) in [4.78, 5) is 11.3. The molecule has 0 saturated carbocycles. The van der Waals surface area contributed by atoms with Gasteiger partial charge in [0.05, 0.1) is 13.2 Å². The van der Waals surface area contributed by atoms with Gasteiger partial charge in [-0.15, -0.1) is 0 Å². The van der Waals surface area contributed by atoms with E-state index in [-0.39, 0.29) is 13.0 Å². The summed E-state index contributed by atoms with van der Waals surface area (Å²) >= 11 is 0. The fourth-order valence-corrected chi connectivity index (χ4v) is 1.97. The van der Waals surface area contributed by atoms with Gasteiger partial charge in [0.25, 0.3) is 0 Å². The summed E-state index contributed by atoms with van der Waals surface area (Å²) in [7, 11) is 0. The number of esters is 1. The number of hydrogen-bond donors (Lipinski definition) is 5. The van der Waals surface area contributed by atoms with Crippen LogP contribution in [0.3, 0.4) is 0 Å². The minimum atomic E-state index is -1.57. The van der Waals surface area contributed by atoms with E-state index in [0.29, 0.717) is 6.42 Å². The highest BCUT2D eigenvalue weighted by atomic mass is 16.7. The molecule has 0 aromatic rings. The highest BCUT2D eigenvalue weighted by Gasteiger charge is 2.44. The lowest BCUT2D eigenvalue weighted by molar-refractivity contribution is -0.315. The third kappa shape index (κ3) is 5.13. The molecule has 0 aromatic heterocycles. The van der Waals surface area contributed by atoms with Gasteiger partial charge in [0.15, 0.2) is 6.29 Å². The van der Waals surface area contributed by atoms with Crippen LogP contribution in [-0.4, -0.2) is 88.1 Å². The molecule has 22 heavy (non-hydrogen) atoms. The van der Waals surface area contributed by atoms with Gasteiger partial charge in [0.2, 0.25) is 0 Å². The zero-order valence-corrected chi connectivity index (χ0v) is 12.4. The fourth-order valence-electron chi connectivity index (χ4n) is 1.97. The van der Waals surface area contributed by atoms with Gasteiger partial charge in [-0.05, 0) is 6.42 Å². The first-order valence-corrected chi connectivity index (χ1v) is 7.17. The third-order valence-electron chi connectivity index (χ3n) is 3.26. The number of ether oxygens (including phenoxy) is 3. The number of aliphatic hydroxyl groups is 5. The molecule has 9 heteroatoms. The standard InChI is InChI=1S/C13H24O9/c1-2-3-9(16)20-6-7(4-14)21-13-12(19)11(18)10(17)8(5-15)22-13/h7-8,10-15,17-19H,2-6H2,1H3/t7-,8-,10-,11+,12-,13-/m1/s1. The van der Waals surface area contributed by atoms with Crippen LogP contribution >= 0.6 is 0 Å². The lowest BCUT2D eigenvalue weighted by Crippen LogP contribution is -2.60. The van der Waals surface area contributed by atoms with E-state index >= 15 is 0 Å². The number of rotatable bonds is 8. The smallest absolute Gasteiger partial charge is 0.305 e. The van der Waals surface area contributed by atoms with Crippen molar-refractivity contribution >= 4 is 5.97 Å². The largest absolute Gasteiger partial charge is 0.463 e. The first-order valence-electron chi connectivity index (χ1n) is 7.17. The number of carbonyl (C=O) groups is 1. The van der Waals surface area contributed by atoms with Gasteiger partial charge in [-0.1, -0.05) is 6.92 Å². The molecule has 130 valence electrons. The molecular formula is C13H24O9. The van der Waals surface area contributed by atoms with Gasteiger partial charge < -0.3 is 39.7 Å². The zero-order valence-electron chi connectivity index (χ0n) is 12.4. The highest BCUT2D eigenvalue weighted by Crippen LogP contribution is 2.22. The Kier molecular flexibility index (Phi) is 8.18. The predicted octanol–water partition coefficient (Wildman–Crippen LogP) is -2.49. The topological polar surface area (TPSA) is 146 Å². The van der Waals surface area contributed by atoms with Crippen LogP contribution in [0.15, 0.2) is 0 Å². The second-order valence-electron chi connectivity index (χ2n) is 5.07. The Morgan fingerprint density at radius 2 is 1.86 bits per heavy atom. The molecule has 0 spiro atoms. The van der Waals surface area contributed by atoms with E-state index in [1.165, 1.54) is 0 Å². The molecule has 1 heterocycles. The Morgan fingerprint density at radius 1 is 1.18 bits per heavy atom. The molecule has 1 aliphatic rings. The lowest BCUT2D eigenvalue weighted by atomic mass is 9.99. The number of carbonyl (C=O) groups excluding carboxylic acids is 1. The average molecular weight is 324 g/mol. The van der Waals surface area contributed by atoms with Gasteiger partial charge >= 0.3 is 5.97 Å². The van der Waals surface area contributed by atoms with E-state index < -0.39 is 56.0 Å². The molecule has 1 aliphatic heterocycles. The Labute approximate surface area is 128 Å². The van der Waals surface area contributed by atoms with Crippen LogP contribution in [0.1, 0.15) is 19.8 Å². The molecule has 9 nitrogen and oxygen atoms in total. The summed E-state index contributed by atoms with van der Waals surface area (Å²) in [6, 6.07) is 0. The maximum atomic E-state index is 11.3. The molecule has 1 rings (SSSR count). The van der Waals surface area contributed by atoms with Crippen molar-refractivity contribution in [2.45, 2.75) is 56.6 Å². The molecule has 0 unspecified atom stereocenters. The summed E-state index contributed by atoms with van der Waals surface area (Å²) in [6.45, 7) is 0.480. The Balaban J connectivity index is 2.55. The molecule has 0 aliphatic carbocycles. The van der Waals surface area contributed by atoms with Crippen LogP contribution in [0.5, 0.6) is 0 Å². The van der Waals surface area contributed by atoms with Crippen molar-refractivity contribution in [3.63, 3.8) is 0 Å². The van der Waals surface area contributed by atoms with Crippen LogP contribution in [-0.2, 0) is 19.0 Å². The van der Waals surface area contributed by atoms with Crippen LogP contribution < -0.4 is 0 Å². The molecular weight excluding hydrogens is 300 g/mol. The highest BCUT2D eigenvalue weighted by molar-refractivity contribution is 5.69. The minimum absolute atomic E-state index is 0.234. The van der Waals surface area contributed by atoms with Crippen molar-refractivity contribution in [1.82, 2.24) is 0 Å². The summed E-state index contributed by atoms with van der Waals surface area (Å²) in [5.74, 6) is -0.446. The lowest BCUT2D eigenvalue weighted by Gasteiger charge is -2.40. The van der Waals surface area contributed by atoms with E-state index in [9.17, 15) is 25.2 Å². The van der Waals surface area contributed by atoms with Crippen LogP contribution in [0, 0.1) is 0 Å². The summed E-state index contributed by atoms with van der Waals surface area (Å²) in [6.07, 6.45) is -7.23. The zero-order chi connectivity index (χ0) is 16.7. The van der Waals surface area contributed by atoms with Crippen LogP contribution in [0.4, 0.5) is 0 Å². The van der Waals surface area contributed by atoms with E-state index in [4.69, 9.17) is 19.3 Å². The first-order chi connectivity index (χ1) is 10.4. The van der Waals surface area contributed by atoms with E-state index in [0.717, 1.165) is 0 Å². The van der Waals surface area contributed by atoms with Crippen molar-refractivity contribution in [2.75, 3.05) is 19.8 Å². The quantitative estimate of drug-likeness (QED) is 0.306.